The van der Waals surface area contributed by atoms with Crippen molar-refractivity contribution in [3.05, 3.63) is 23.8 Å². The first kappa shape index (κ1) is 19.1. The zero-order valence-electron chi connectivity index (χ0n) is 15.5. The predicted molar refractivity (Wildman–Crippen MR) is 94.6 cm³/mol. The molecule has 2 saturated heterocycles. The van der Waals surface area contributed by atoms with Crippen LogP contribution in [0.2, 0.25) is 0 Å². The number of allylic oxidation sites excluding steroid dienone is 1. The Morgan fingerprint density at radius 2 is 1.62 bits per heavy atom. The SMILES string of the molecule is C=C(C)C(=O)OC1CCC2OC2C1.CC(=CC1CCC2OC2C1)C(=O)O. The number of esters is 1. The van der Waals surface area contributed by atoms with Gasteiger partial charge >= 0.3 is 11.9 Å². The Labute approximate surface area is 154 Å². The minimum Gasteiger partial charge on any atom is -0.478 e. The lowest BCUT2D eigenvalue weighted by Crippen LogP contribution is -2.24. The molecule has 2 aliphatic heterocycles. The number of hydrogen-bond donors (Lipinski definition) is 1. The van der Waals surface area contributed by atoms with Gasteiger partial charge in [0.05, 0.1) is 24.4 Å². The summed E-state index contributed by atoms with van der Waals surface area (Å²) in [5.74, 6) is -0.664. The molecule has 0 aromatic rings. The molecule has 0 radical (unpaired) electrons. The van der Waals surface area contributed by atoms with Crippen LogP contribution in [-0.2, 0) is 23.8 Å². The Morgan fingerprint density at radius 1 is 1.00 bits per heavy atom. The van der Waals surface area contributed by atoms with E-state index in [1.807, 2.05) is 6.08 Å². The van der Waals surface area contributed by atoms with Gasteiger partial charge in [0.2, 0.25) is 0 Å². The number of carboxylic acid groups (broad SMARTS) is 1. The molecular weight excluding hydrogens is 336 g/mol. The van der Waals surface area contributed by atoms with Crippen molar-refractivity contribution in [3.63, 3.8) is 0 Å². The molecule has 144 valence electrons. The highest BCUT2D eigenvalue weighted by Gasteiger charge is 2.45. The van der Waals surface area contributed by atoms with Gasteiger partial charge in [-0.1, -0.05) is 12.7 Å². The normalized spacial score (nSPS) is 37.2. The van der Waals surface area contributed by atoms with E-state index >= 15 is 0 Å². The van der Waals surface area contributed by atoms with Gasteiger partial charge in [-0.05, 0) is 51.9 Å². The lowest BCUT2D eigenvalue weighted by atomic mass is 9.88. The number of aliphatic carboxylic acids is 1. The molecule has 6 nitrogen and oxygen atoms in total. The van der Waals surface area contributed by atoms with Gasteiger partial charge in [0.1, 0.15) is 6.10 Å². The highest BCUT2D eigenvalue weighted by atomic mass is 16.6. The molecule has 6 atom stereocenters. The number of carbonyl (C=O) groups is 2. The number of hydrogen-bond acceptors (Lipinski definition) is 5. The Hall–Kier alpha value is -1.66. The lowest BCUT2D eigenvalue weighted by molar-refractivity contribution is -0.145. The van der Waals surface area contributed by atoms with Gasteiger partial charge < -0.3 is 19.3 Å². The van der Waals surface area contributed by atoms with Crippen molar-refractivity contribution < 1.29 is 28.9 Å². The molecular formula is C20H28O6. The zero-order chi connectivity index (χ0) is 18.8. The summed E-state index contributed by atoms with van der Waals surface area (Å²) in [4.78, 5) is 21.7. The molecule has 0 aromatic carbocycles. The fraction of sp³-hybridized carbons (Fsp3) is 0.700. The average Bonchev–Trinajstić information content (AvgIpc) is 3.48. The van der Waals surface area contributed by atoms with E-state index < -0.39 is 5.97 Å². The number of fused-ring (bicyclic) bond motifs is 2. The van der Waals surface area contributed by atoms with E-state index in [1.165, 1.54) is 0 Å². The monoisotopic (exact) mass is 364 g/mol. The summed E-state index contributed by atoms with van der Waals surface area (Å²) >= 11 is 0. The van der Waals surface area contributed by atoms with E-state index in [0.717, 1.165) is 38.5 Å². The van der Waals surface area contributed by atoms with Gasteiger partial charge in [0.25, 0.3) is 0 Å². The van der Waals surface area contributed by atoms with Gasteiger partial charge in [-0.2, -0.15) is 0 Å². The molecule has 0 spiro atoms. The Balaban J connectivity index is 0.000000151. The first-order valence-electron chi connectivity index (χ1n) is 9.42. The summed E-state index contributed by atoms with van der Waals surface area (Å²) in [6.07, 6.45) is 9.67. The van der Waals surface area contributed by atoms with Gasteiger partial charge in [-0.25, -0.2) is 9.59 Å². The summed E-state index contributed by atoms with van der Waals surface area (Å²) < 4.78 is 15.9. The van der Waals surface area contributed by atoms with E-state index in [2.05, 4.69) is 6.58 Å². The third kappa shape index (κ3) is 5.17. The molecule has 6 heteroatoms. The fourth-order valence-electron chi connectivity index (χ4n) is 3.74. The minimum absolute atomic E-state index is 0.0490. The van der Waals surface area contributed by atoms with Crippen LogP contribution >= 0.6 is 0 Å². The Morgan fingerprint density at radius 3 is 2.15 bits per heavy atom. The van der Waals surface area contributed by atoms with Crippen molar-refractivity contribution in [1.29, 1.82) is 0 Å². The largest absolute Gasteiger partial charge is 0.478 e. The second-order valence-corrected chi connectivity index (χ2v) is 7.77. The molecule has 2 saturated carbocycles. The van der Waals surface area contributed by atoms with E-state index in [4.69, 9.17) is 19.3 Å². The van der Waals surface area contributed by atoms with Gasteiger partial charge in [-0.3, -0.25) is 0 Å². The maximum absolute atomic E-state index is 11.2. The highest BCUT2D eigenvalue weighted by molar-refractivity contribution is 5.87. The summed E-state index contributed by atoms with van der Waals surface area (Å²) in [7, 11) is 0. The van der Waals surface area contributed by atoms with Crippen molar-refractivity contribution in [2.45, 2.75) is 82.9 Å². The molecule has 2 aliphatic carbocycles. The molecule has 0 bridgehead atoms. The topological polar surface area (TPSA) is 88.7 Å². The molecule has 26 heavy (non-hydrogen) atoms. The van der Waals surface area contributed by atoms with E-state index in [-0.39, 0.29) is 12.1 Å². The third-order valence-electron chi connectivity index (χ3n) is 5.45. The number of ether oxygens (including phenoxy) is 3. The van der Waals surface area contributed by atoms with E-state index in [0.29, 0.717) is 41.5 Å². The summed E-state index contributed by atoms with van der Waals surface area (Å²) in [5, 5.41) is 8.69. The number of carbonyl (C=O) groups excluding carboxylic acids is 1. The van der Waals surface area contributed by atoms with Gasteiger partial charge in [0, 0.05) is 17.6 Å². The fourth-order valence-corrected chi connectivity index (χ4v) is 3.74. The van der Waals surface area contributed by atoms with Crippen LogP contribution in [0.15, 0.2) is 23.8 Å². The van der Waals surface area contributed by atoms with Crippen molar-refractivity contribution in [2.24, 2.45) is 5.92 Å². The molecule has 4 rings (SSSR count). The quantitative estimate of drug-likeness (QED) is 0.469. The summed E-state index contributed by atoms with van der Waals surface area (Å²) in [5.41, 5.74) is 0.933. The molecule has 2 heterocycles. The average molecular weight is 364 g/mol. The number of epoxide rings is 2. The smallest absolute Gasteiger partial charge is 0.333 e. The van der Waals surface area contributed by atoms with Crippen LogP contribution in [0.5, 0.6) is 0 Å². The van der Waals surface area contributed by atoms with Crippen molar-refractivity contribution in [1.82, 2.24) is 0 Å². The first-order chi connectivity index (χ1) is 12.3. The molecule has 6 unspecified atom stereocenters. The van der Waals surface area contributed by atoms with Gasteiger partial charge in [0.15, 0.2) is 0 Å². The second kappa shape index (κ2) is 7.92. The van der Waals surface area contributed by atoms with Crippen molar-refractivity contribution in [2.75, 3.05) is 0 Å². The number of rotatable bonds is 4. The Bertz CT molecular complexity index is 609. The van der Waals surface area contributed by atoms with Crippen molar-refractivity contribution >= 4 is 11.9 Å². The molecule has 1 N–H and O–H groups in total. The van der Waals surface area contributed by atoms with Crippen LogP contribution in [0.1, 0.15) is 52.4 Å². The van der Waals surface area contributed by atoms with Crippen LogP contribution in [0.3, 0.4) is 0 Å². The maximum atomic E-state index is 11.2. The van der Waals surface area contributed by atoms with Crippen molar-refractivity contribution in [3.8, 4) is 0 Å². The van der Waals surface area contributed by atoms with Crippen LogP contribution in [0.4, 0.5) is 0 Å². The van der Waals surface area contributed by atoms with Crippen LogP contribution in [-0.4, -0.2) is 47.6 Å². The predicted octanol–water partition coefficient (Wildman–Crippen LogP) is 3.01. The lowest BCUT2D eigenvalue weighted by Gasteiger charge is -2.19. The molecule has 4 fully saturated rings. The van der Waals surface area contributed by atoms with E-state index in [1.54, 1.807) is 13.8 Å². The Kier molecular flexibility index (Phi) is 5.82. The maximum Gasteiger partial charge on any atom is 0.333 e. The third-order valence-corrected chi connectivity index (χ3v) is 5.45. The van der Waals surface area contributed by atoms with E-state index in [9.17, 15) is 9.59 Å². The number of carboxylic acids is 1. The molecule has 0 aromatic heterocycles. The van der Waals surface area contributed by atoms with Crippen LogP contribution in [0, 0.1) is 5.92 Å². The molecule has 0 amide bonds. The summed E-state index contributed by atoms with van der Waals surface area (Å²) in [6, 6.07) is 0. The second-order valence-electron chi connectivity index (χ2n) is 7.77. The summed E-state index contributed by atoms with van der Waals surface area (Å²) in [6.45, 7) is 6.87. The van der Waals surface area contributed by atoms with Crippen LogP contribution in [0.25, 0.3) is 0 Å². The minimum atomic E-state index is -0.807. The van der Waals surface area contributed by atoms with Gasteiger partial charge in [-0.15, -0.1) is 0 Å². The highest BCUT2D eigenvalue weighted by Crippen LogP contribution is 2.40. The first-order valence-corrected chi connectivity index (χ1v) is 9.42. The molecule has 4 aliphatic rings. The van der Waals surface area contributed by atoms with Crippen LogP contribution < -0.4 is 0 Å². The zero-order valence-corrected chi connectivity index (χ0v) is 15.5. The standard InChI is InChI=1S/2C10H14O3/c1-6(2)10(11)12-7-3-4-8-9(5-7)13-8;1-6(10(11)12)4-7-2-3-8-9(5-7)13-8/h7-9H,1,3-5H2,2H3;4,7-9H,2-3,5H2,1H3,(H,11,12).